The summed E-state index contributed by atoms with van der Waals surface area (Å²) in [4.78, 5) is 65.3. The van der Waals surface area contributed by atoms with Crippen LogP contribution >= 0.6 is 71.3 Å². The highest BCUT2D eigenvalue weighted by Crippen LogP contribution is 2.39. The molecule has 404 valence electrons. The fraction of sp³-hybridized carbons (Fsp3) is 0.453. The summed E-state index contributed by atoms with van der Waals surface area (Å²) in [5, 5.41) is 2.93. The number of anilines is 2. The van der Waals surface area contributed by atoms with E-state index < -0.39 is 0 Å². The Morgan fingerprint density at radius 2 is 1.30 bits per heavy atom. The van der Waals surface area contributed by atoms with Gasteiger partial charge in [-0.3, -0.25) is 14.4 Å². The van der Waals surface area contributed by atoms with Crippen LogP contribution in [0.15, 0.2) is 99.0 Å². The fourth-order valence-corrected chi connectivity index (χ4v) is 12.9. The van der Waals surface area contributed by atoms with Crippen molar-refractivity contribution in [1.29, 1.82) is 0 Å². The van der Waals surface area contributed by atoms with Crippen LogP contribution in [0.2, 0.25) is 0 Å². The summed E-state index contributed by atoms with van der Waals surface area (Å²) in [6.07, 6.45) is 19.4. The number of amides is 2. The van der Waals surface area contributed by atoms with Crippen LogP contribution in [-0.4, -0.2) is 106 Å². The third-order valence-corrected chi connectivity index (χ3v) is 18.5. The number of halogens is 3. The van der Waals surface area contributed by atoms with E-state index in [-0.39, 0.29) is 5.97 Å². The van der Waals surface area contributed by atoms with Crippen molar-refractivity contribution < 1.29 is 28.0 Å². The molecule has 8 aromatic rings. The van der Waals surface area contributed by atoms with Crippen molar-refractivity contribution in [1.82, 2.24) is 48.8 Å². The predicted molar refractivity (Wildman–Crippen MR) is 309 cm³/mol. The normalized spacial score (nSPS) is 14.7. The van der Waals surface area contributed by atoms with Gasteiger partial charge in [-0.05, 0) is 147 Å². The van der Waals surface area contributed by atoms with Gasteiger partial charge in [-0.2, -0.15) is 0 Å². The number of fused-ring (bicyclic) bond motifs is 4. The van der Waals surface area contributed by atoms with Crippen molar-refractivity contribution in [2.45, 2.75) is 113 Å². The number of thioether (sulfide) groups is 1. The van der Waals surface area contributed by atoms with E-state index in [4.69, 9.17) is 30.0 Å². The van der Waals surface area contributed by atoms with Gasteiger partial charge >= 0.3 is 5.97 Å². The maximum Gasteiger partial charge on any atom is 0.306 e. The summed E-state index contributed by atoms with van der Waals surface area (Å²) in [5.74, 6) is 3.07. The van der Waals surface area contributed by atoms with Crippen LogP contribution < -0.4 is 11.5 Å². The number of rotatable bonds is 20. The molecule has 8 heterocycles. The lowest BCUT2D eigenvalue weighted by molar-refractivity contribution is -0.144. The van der Waals surface area contributed by atoms with E-state index in [0.29, 0.717) is 59.2 Å². The van der Waals surface area contributed by atoms with Crippen molar-refractivity contribution in [3.8, 4) is 0 Å². The minimum Gasteiger partial charge on any atom is -0.465 e. The first-order valence-corrected chi connectivity index (χ1v) is 29.9. The molecule has 4 N–H and O–H groups in total. The molecule has 23 heteroatoms. The highest BCUT2D eigenvalue weighted by Gasteiger charge is 2.23. The number of likely N-dealkylation sites (tertiary alicyclic amines) is 2. The number of nitrogens with two attached hydrogens (primary N) is 2. The van der Waals surface area contributed by atoms with Crippen molar-refractivity contribution in [2.24, 2.45) is 17.8 Å². The molecular weight excluding hydrogens is 1200 g/mol. The number of esters is 1. The van der Waals surface area contributed by atoms with Gasteiger partial charge in [0.25, 0.3) is 0 Å². The molecule has 2 aliphatic heterocycles. The summed E-state index contributed by atoms with van der Waals surface area (Å²) >= 11 is 13.9. The lowest BCUT2D eigenvalue weighted by atomic mass is 9.94. The van der Waals surface area contributed by atoms with Gasteiger partial charge in [-0.1, -0.05) is 44.9 Å². The number of nitrogen functional groups attached to an aromatic ring is 2. The molecule has 1 unspecified atom stereocenters. The van der Waals surface area contributed by atoms with Crippen LogP contribution in [0.4, 0.5) is 11.6 Å². The zero-order chi connectivity index (χ0) is 53.6. The van der Waals surface area contributed by atoms with E-state index in [1.807, 2.05) is 50.8 Å². The lowest BCUT2D eigenvalue weighted by Crippen LogP contribution is -2.32. The van der Waals surface area contributed by atoms with Crippen molar-refractivity contribution in [3.05, 3.63) is 75.3 Å². The number of ether oxygens (including phenoxy) is 1. The van der Waals surface area contributed by atoms with Gasteiger partial charge in [-0.15, -0.1) is 11.8 Å². The third kappa shape index (κ3) is 14.9. The smallest absolute Gasteiger partial charge is 0.306 e. The Balaban J connectivity index is 0.000000155. The average molecular weight is 1270 g/mol. The van der Waals surface area contributed by atoms with Gasteiger partial charge in [-0.25, -0.2) is 29.9 Å². The molecule has 10 rings (SSSR count). The SMILES string of the molecule is CCCCC(CC)COC(=O)CCSc1cc2occc2cc1Br.Nc1ncnc2c1nc(Br)n2CCC1CCN(C=O)CC1.Nc1ncnc2c1nc(Sc1cc3occc3cc1Br)n2CCC1CCN(C=O)CC1. The molecular formula is C53H63Br3N12O6S2. The molecule has 2 fully saturated rings. The Bertz CT molecular complexity index is 3210. The number of benzene rings is 2. The minimum absolute atomic E-state index is 0.104. The van der Waals surface area contributed by atoms with Gasteiger partial charge in [0.2, 0.25) is 12.8 Å². The molecule has 2 aliphatic rings. The molecule has 0 radical (unpaired) electrons. The number of imidazole rings is 2. The molecule has 2 aromatic carbocycles. The average Bonchev–Trinajstić information content (AvgIpc) is 4.26. The summed E-state index contributed by atoms with van der Waals surface area (Å²) in [6, 6.07) is 12.0. The Morgan fingerprint density at radius 3 is 1.87 bits per heavy atom. The number of aromatic nitrogens is 8. The first-order valence-electron chi connectivity index (χ1n) is 25.7. The number of piperidine rings is 2. The van der Waals surface area contributed by atoms with Crippen LogP contribution in [0.1, 0.15) is 84.5 Å². The van der Waals surface area contributed by atoms with Crippen LogP contribution in [0.25, 0.3) is 44.3 Å². The van der Waals surface area contributed by atoms with E-state index in [1.54, 1.807) is 36.1 Å². The second-order valence-corrected chi connectivity index (χ2v) is 23.5. The number of unbranched alkanes of at least 4 members (excludes halogenated alkanes) is 1. The van der Waals surface area contributed by atoms with Crippen LogP contribution in [-0.2, 0) is 32.2 Å². The van der Waals surface area contributed by atoms with E-state index in [1.165, 1.54) is 25.5 Å². The lowest BCUT2D eigenvalue weighted by Gasteiger charge is -2.29. The zero-order valence-corrected chi connectivity index (χ0v) is 49.0. The predicted octanol–water partition coefficient (Wildman–Crippen LogP) is 12.2. The van der Waals surface area contributed by atoms with E-state index in [0.717, 1.165) is 165 Å². The Kier molecular flexibility index (Phi) is 20.9. The second kappa shape index (κ2) is 27.9. The van der Waals surface area contributed by atoms with Gasteiger partial charge < -0.3 is 44.0 Å². The maximum absolute atomic E-state index is 11.9. The quantitative estimate of drug-likeness (QED) is 0.0312. The topological polar surface area (TPSA) is 232 Å². The zero-order valence-electron chi connectivity index (χ0n) is 42.6. The first kappa shape index (κ1) is 57.0. The first-order chi connectivity index (χ1) is 36.9. The van der Waals surface area contributed by atoms with Crippen molar-refractivity contribution >= 4 is 146 Å². The molecule has 0 spiro atoms. The van der Waals surface area contributed by atoms with Gasteiger partial charge in [0, 0.05) is 74.5 Å². The monoisotopic (exact) mass is 1260 g/mol. The van der Waals surface area contributed by atoms with Gasteiger partial charge in [0.15, 0.2) is 43.9 Å². The number of hydrogen-bond acceptors (Lipinski definition) is 16. The van der Waals surface area contributed by atoms with E-state index in [2.05, 4.69) is 91.1 Å². The maximum atomic E-state index is 11.9. The summed E-state index contributed by atoms with van der Waals surface area (Å²) in [5.41, 5.74) is 16.4. The minimum atomic E-state index is -0.104. The highest BCUT2D eigenvalue weighted by molar-refractivity contribution is 9.11. The van der Waals surface area contributed by atoms with Crippen molar-refractivity contribution in [2.75, 3.05) is 50.0 Å². The van der Waals surface area contributed by atoms with Crippen LogP contribution in [0.5, 0.6) is 0 Å². The molecule has 76 heavy (non-hydrogen) atoms. The third-order valence-electron chi connectivity index (χ3n) is 14.0. The fourth-order valence-electron chi connectivity index (χ4n) is 9.30. The molecule has 0 saturated carbocycles. The summed E-state index contributed by atoms with van der Waals surface area (Å²) < 4.78 is 23.3. The number of furan rings is 2. The Hall–Kier alpha value is -5.23. The molecule has 6 aromatic heterocycles. The Morgan fingerprint density at radius 1 is 0.763 bits per heavy atom. The second-order valence-electron chi connectivity index (χ2n) is 19.0. The highest BCUT2D eigenvalue weighted by atomic mass is 79.9. The standard InChI is InChI=1S/C21H21BrN6O2S.C19H25BrO3S.C13H17BrN6O/c22-15-9-14-4-8-30-16(14)10-17(15)31-21-26-18-19(23)24-11-25-20(18)28(21)7-3-13-1-5-27(12-29)6-2-13;1-3-5-6-14(4-2)13-23-19(21)8-10-24-18-12-17-15(7-9-22-17)11-16(18)20;14-13-18-10-11(15)16-7-17-12(10)20(13)6-3-9-1-4-19(8-21)5-2-9/h4,8-13H,1-3,5-7H2,(H2,23,24,25);7,9,11-12,14H,3-6,8,10,13H2,1-2H3;7-9H,1-6H2,(H2,15,16,17). The molecule has 18 nitrogen and oxygen atoms in total. The number of nitrogens with zero attached hydrogens (tertiary/aromatic N) is 10. The Labute approximate surface area is 475 Å². The number of hydrogen-bond donors (Lipinski definition) is 2. The molecule has 1 atom stereocenters. The van der Waals surface area contributed by atoms with E-state index in [9.17, 15) is 14.4 Å². The summed E-state index contributed by atoms with van der Waals surface area (Å²) in [6.45, 7) is 9.88. The molecule has 2 saturated heterocycles. The molecule has 0 aliphatic carbocycles. The number of aryl methyl sites for hydroxylation is 2. The van der Waals surface area contributed by atoms with Crippen LogP contribution in [0, 0.1) is 17.8 Å². The van der Waals surface area contributed by atoms with Crippen LogP contribution in [0.3, 0.4) is 0 Å². The molecule has 2 amide bonds. The van der Waals surface area contributed by atoms with Gasteiger partial charge in [0.05, 0.1) is 25.6 Å². The number of carbonyl (C=O) groups is 3. The van der Waals surface area contributed by atoms with Gasteiger partial charge in [0.1, 0.15) is 23.8 Å². The molecule has 0 bridgehead atoms. The summed E-state index contributed by atoms with van der Waals surface area (Å²) in [7, 11) is 0. The number of carbonyl (C=O) groups excluding carboxylic acids is 3. The van der Waals surface area contributed by atoms with E-state index >= 15 is 0 Å². The largest absolute Gasteiger partial charge is 0.465 e. The van der Waals surface area contributed by atoms with Crippen molar-refractivity contribution in [3.63, 3.8) is 0 Å².